The van der Waals surface area contributed by atoms with Crippen LogP contribution in [0.25, 0.3) is 6.08 Å². The molecule has 1 N–H and O–H groups in total. The van der Waals surface area contributed by atoms with Gasteiger partial charge in [-0.3, -0.25) is 10.1 Å². The van der Waals surface area contributed by atoms with Gasteiger partial charge in [0.1, 0.15) is 0 Å². The number of benzene rings is 2. The summed E-state index contributed by atoms with van der Waals surface area (Å²) in [4.78, 5) is 22.7. The minimum atomic E-state index is -5.09. The first-order valence-electron chi connectivity index (χ1n) is 7.76. The molecule has 1 unspecified atom stereocenters. The molecule has 140 valence electrons. The van der Waals surface area contributed by atoms with Crippen LogP contribution in [-0.2, 0) is 11.3 Å². The highest BCUT2D eigenvalue weighted by Gasteiger charge is 2.64. The van der Waals surface area contributed by atoms with Crippen molar-refractivity contribution in [3.63, 3.8) is 0 Å². The van der Waals surface area contributed by atoms with Crippen molar-refractivity contribution in [3.05, 3.63) is 75.8 Å². The van der Waals surface area contributed by atoms with Gasteiger partial charge in [0.2, 0.25) is 0 Å². The van der Waals surface area contributed by atoms with Gasteiger partial charge in [-0.15, -0.1) is 0 Å². The summed E-state index contributed by atoms with van der Waals surface area (Å²) in [6.45, 7) is -0.398. The van der Waals surface area contributed by atoms with Gasteiger partial charge in [0, 0.05) is 24.4 Å². The van der Waals surface area contributed by atoms with Gasteiger partial charge >= 0.3 is 12.1 Å². The fourth-order valence-corrected chi connectivity index (χ4v) is 3.04. The zero-order valence-corrected chi connectivity index (χ0v) is 13.7. The van der Waals surface area contributed by atoms with E-state index in [2.05, 4.69) is 0 Å². The molecule has 0 aromatic heterocycles. The molecule has 0 saturated heterocycles. The summed E-state index contributed by atoms with van der Waals surface area (Å²) in [5.74, 6) is -2.05. The third-order valence-electron chi connectivity index (χ3n) is 4.40. The Bertz CT molecular complexity index is 925. The predicted molar refractivity (Wildman–Crippen MR) is 91.2 cm³/mol. The molecule has 3 rings (SSSR count). The Labute approximate surface area is 151 Å². The van der Waals surface area contributed by atoms with Gasteiger partial charge in [0.05, 0.1) is 4.92 Å². The van der Waals surface area contributed by atoms with E-state index < -0.39 is 29.2 Å². The van der Waals surface area contributed by atoms with E-state index in [4.69, 9.17) is 0 Å². The van der Waals surface area contributed by atoms with Crippen LogP contribution in [0.4, 0.5) is 24.5 Å². The third-order valence-corrected chi connectivity index (χ3v) is 4.40. The molecule has 0 amide bonds. The highest BCUT2D eigenvalue weighted by atomic mass is 19.4. The maximum Gasteiger partial charge on any atom is 0.426 e. The maximum atomic E-state index is 13.9. The molecule has 9 heteroatoms. The minimum absolute atomic E-state index is 0.109. The minimum Gasteiger partial charge on any atom is -0.479 e. The van der Waals surface area contributed by atoms with Crippen LogP contribution in [0.1, 0.15) is 11.1 Å². The lowest BCUT2D eigenvalue weighted by Gasteiger charge is -2.44. The second-order valence-corrected chi connectivity index (χ2v) is 5.97. The van der Waals surface area contributed by atoms with Gasteiger partial charge in [-0.25, -0.2) is 4.79 Å². The van der Waals surface area contributed by atoms with Crippen LogP contribution in [0.15, 0.2) is 54.6 Å². The molecule has 1 aliphatic heterocycles. The fourth-order valence-electron chi connectivity index (χ4n) is 3.04. The zero-order chi connectivity index (χ0) is 19.8. The number of para-hydroxylation sites is 1. The number of nitrogens with zero attached hydrogens (tertiary/aromatic N) is 2. The summed E-state index contributed by atoms with van der Waals surface area (Å²) in [6, 6.07) is 11.1. The predicted octanol–water partition coefficient (Wildman–Crippen LogP) is 4.01. The lowest BCUT2D eigenvalue weighted by atomic mass is 9.88. The number of nitro groups is 1. The SMILES string of the molecule is O=C(O)C1(C(F)(F)F)C=Cc2ccccc2N1Cc1ccc([N+](=O)[O-])cc1. The van der Waals surface area contributed by atoms with Crippen molar-refractivity contribution in [1.29, 1.82) is 0 Å². The molecule has 1 atom stereocenters. The third kappa shape index (κ3) is 3.01. The van der Waals surface area contributed by atoms with E-state index in [1.165, 1.54) is 24.3 Å². The van der Waals surface area contributed by atoms with Crippen LogP contribution < -0.4 is 4.90 Å². The number of hydrogen-bond acceptors (Lipinski definition) is 4. The summed E-state index contributed by atoms with van der Waals surface area (Å²) < 4.78 is 41.7. The molecule has 27 heavy (non-hydrogen) atoms. The molecule has 1 heterocycles. The number of hydrogen-bond donors (Lipinski definition) is 1. The summed E-state index contributed by atoms with van der Waals surface area (Å²) in [5, 5.41) is 20.3. The first-order valence-corrected chi connectivity index (χ1v) is 7.76. The van der Waals surface area contributed by atoms with Crippen LogP contribution in [0.2, 0.25) is 0 Å². The monoisotopic (exact) mass is 378 g/mol. The average Bonchev–Trinajstić information content (AvgIpc) is 2.61. The van der Waals surface area contributed by atoms with Gasteiger partial charge in [0.25, 0.3) is 11.2 Å². The molecule has 2 aromatic carbocycles. The first kappa shape index (κ1) is 18.4. The lowest BCUT2D eigenvalue weighted by Crippen LogP contribution is -2.63. The number of fused-ring (bicyclic) bond motifs is 1. The van der Waals surface area contributed by atoms with Gasteiger partial charge in [-0.05, 0) is 23.3 Å². The summed E-state index contributed by atoms with van der Waals surface area (Å²) in [5.41, 5.74) is -2.60. The van der Waals surface area contributed by atoms with E-state index in [9.17, 15) is 33.2 Å². The molecule has 0 spiro atoms. The van der Waals surface area contributed by atoms with Crippen molar-refractivity contribution < 1.29 is 28.0 Å². The number of carbonyl (C=O) groups is 1. The van der Waals surface area contributed by atoms with Crippen molar-refractivity contribution in [3.8, 4) is 0 Å². The molecule has 1 aliphatic rings. The smallest absolute Gasteiger partial charge is 0.426 e. The van der Waals surface area contributed by atoms with E-state index in [-0.39, 0.29) is 11.4 Å². The Morgan fingerprint density at radius 2 is 1.78 bits per heavy atom. The molecule has 0 saturated carbocycles. The quantitative estimate of drug-likeness (QED) is 0.642. The van der Waals surface area contributed by atoms with Crippen molar-refractivity contribution >= 4 is 23.4 Å². The van der Waals surface area contributed by atoms with Crippen LogP contribution in [-0.4, -0.2) is 27.7 Å². The van der Waals surface area contributed by atoms with E-state index in [1.54, 1.807) is 12.1 Å². The normalized spacial score (nSPS) is 18.9. The van der Waals surface area contributed by atoms with E-state index in [0.29, 0.717) is 17.2 Å². The Kier molecular flexibility index (Phi) is 4.38. The number of alkyl halides is 3. The molecule has 0 radical (unpaired) electrons. The number of aliphatic carboxylic acids is 1. The standard InChI is InChI=1S/C18H13F3N2O4/c19-18(20,21)17(16(24)25)10-9-13-3-1-2-4-15(13)22(17)11-12-5-7-14(8-6-12)23(26)27/h1-10H,11H2,(H,24,25). The van der Waals surface area contributed by atoms with Crippen LogP contribution in [0, 0.1) is 10.1 Å². The Hall–Kier alpha value is -3.36. The zero-order valence-electron chi connectivity index (χ0n) is 13.7. The number of rotatable bonds is 4. The number of anilines is 1. The molecule has 6 nitrogen and oxygen atoms in total. The number of non-ortho nitro benzene ring substituents is 1. The molecule has 0 fully saturated rings. The molecule has 2 aromatic rings. The van der Waals surface area contributed by atoms with Gasteiger partial charge in [-0.1, -0.05) is 36.4 Å². The van der Waals surface area contributed by atoms with Gasteiger partial charge in [-0.2, -0.15) is 13.2 Å². The van der Waals surface area contributed by atoms with Crippen LogP contribution in [0.5, 0.6) is 0 Å². The molecule has 0 bridgehead atoms. The van der Waals surface area contributed by atoms with Gasteiger partial charge < -0.3 is 10.0 Å². The Balaban J connectivity index is 2.12. The second-order valence-electron chi connectivity index (χ2n) is 5.97. The number of nitro benzene ring substituents is 1. The van der Waals surface area contributed by atoms with Crippen molar-refractivity contribution in [1.82, 2.24) is 0 Å². The Morgan fingerprint density at radius 3 is 2.33 bits per heavy atom. The molecular formula is C18H13F3N2O4. The topological polar surface area (TPSA) is 83.7 Å². The number of carboxylic acid groups (broad SMARTS) is 1. The second kappa shape index (κ2) is 6.42. The van der Waals surface area contributed by atoms with Crippen molar-refractivity contribution in [2.75, 3.05) is 4.90 Å². The molecule has 0 aliphatic carbocycles. The van der Waals surface area contributed by atoms with Crippen molar-refractivity contribution in [2.24, 2.45) is 0 Å². The molecular weight excluding hydrogens is 365 g/mol. The van der Waals surface area contributed by atoms with Gasteiger partial charge in [0.15, 0.2) is 0 Å². The largest absolute Gasteiger partial charge is 0.479 e. The van der Waals surface area contributed by atoms with Crippen LogP contribution in [0.3, 0.4) is 0 Å². The van der Waals surface area contributed by atoms with E-state index in [1.807, 2.05) is 0 Å². The first-order chi connectivity index (χ1) is 12.7. The van der Waals surface area contributed by atoms with Crippen LogP contribution >= 0.6 is 0 Å². The number of carboxylic acids is 1. The highest BCUT2D eigenvalue weighted by Crippen LogP contribution is 2.45. The van der Waals surface area contributed by atoms with E-state index >= 15 is 0 Å². The maximum absolute atomic E-state index is 13.9. The van der Waals surface area contributed by atoms with Crippen molar-refractivity contribution in [2.45, 2.75) is 18.3 Å². The lowest BCUT2D eigenvalue weighted by molar-refractivity contribution is -0.384. The summed E-state index contributed by atoms with van der Waals surface area (Å²) >= 11 is 0. The Morgan fingerprint density at radius 1 is 1.15 bits per heavy atom. The van der Waals surface area contributed by atoms with E-state index in [0.717, 1.165) is 23.1 Å². The number of halogens is 3. The fraction of sp³-hybridized carbons (Fsp3) is 0.167. The highest BCUT2D eigenvalue weighted by molar-refractivity contribution is 5.93. The summed E-state index contributed by atoms with van der Waals surface area (Å²) in [6.07, 6.45) is -3.32. The summed E-state index contributed by atoms with van der Waals surface area (Å²) in [7, 11) is 0. The average molecular weight is 378 g/mol.